The topological polar surface area (TPSA) is 77.5 Å². The van der Waals surface area contributed by atoms with Crippen LogP contribution in [0, 0.1) is 6.92 Å². The van der Waals surface area contributed by atoms with Crippen molar-refractivity contribution in [3.05, 3.63) is 121 Å². The fourth-order valence-electron chi connectivity index (χ4n) is 4.45. The second kappa shape index (κ2) is 9.93. The Morgan fingerprint density at radius 1 is 0.632 bits per heavy atom. The first-order valence-electron chi connectivity index (χ1n) is 11.3. The molecule has 0 fully saturated rings. The monoisotopic (exact) mass is 580 g/mol. The van der Waals surface area contributed by atoms with Crippen molar-refractivity contribution in [2.45, 2.75) is 17.3 Å². The summed E-state index contributed by atoms with van der Waals surface area (Å²) in [7, 11) is -10.8. The van der Waals surface area contributed by atoms with E-state index in [0.717, 1.165) is 5.56 Å². The molecule has 200 valence electrons. The van der Waals surface area contributed by atoms with Gasteiger partial charge in [0.05, 0.1) is 0 Å². The van der Waals surface area contributed by atoms with E-state index in [1.165, 1.54) is 84.9 Å². The molecule has 0 radical (unpaired) electrons. The van der Waals surface area contributed by atoms with Gasteiger partial charge < -0.3 is 0 Å². The third-order valence-electron chi connectivity index (χ3n) is 6.25. The number of aryl methyl sites for hydroxylation is 1. The maximum absolute atomic E-state index is 14.1. The molecule has 0 aromatic heterocycles. The normalized spacial score (nSPS) is 13.9. The molecule has 0 N–H and O–H groups in total. The summed E-state index contributed by atoms with van der Waals surface area (Å²) in [5.74, 6) is 0. The number of benzene rings is 4. The molecule has 0 amide bonds. The number of hydrogen-bond acceptors (Lipinski definition) is 5. The summed E-state index contributed by atoms with van der Waals surface area (Å²) in [5.41, 5.74) is -6.11. The number of alkyl halides is 3. The van der Waals surface area contributed by atoms with Crippen LogP contribution in [-0.2, 0) is 23.9 Å². The van der Waals surface area contributed by atoms with Crippen molar-refractivity contribution >= 4 is 42.7 Å². The summed E-state index contributed by atoms with van der Waals surface area (Å²) in [6.45, 7) is -3.73. The van der Waals surface area contributed by atoms with Gasteiger partial charge in [0.15, 0.2) is 0 Å². The van der Waals surface area contributed by atoms with Gasteiger partial charge in [-0.05, 0) is 0 Å². The zero-order chi connectivity index (χ0) is 27.7. The molecule has 4 rings (SSSR count). The molecule has 0 heterocycles. The number of halogens is 3. The number of rotatable bonds is 8. The molecule has 4 aromatic rings. The van der Waals surface area contributed by atoms with Gasteiger partial charge in [-0.3, -0.25) is 0 Å². The summed E-state index contributed by atoms with van der Waals surface area (Å²) >= 11 is 0. The van der Waals surface area contributed by atoms with Crippen molar-refractivity contribution in [2.24, 2.45) is 0 Å². The molecular weight excluding hydrogens is 556 g/mol. The van der Waals surface area contributed by atoms with Gasteiger partial charge in [0, 0.05) is 0 Å². The predicted octanol–water partition coefficient (Wildman–Crippen LogP) is 5.04. The van der Waals surface area contributed by atoms with E-state index in [2.05, 4.69) is 0 Å². The molecule has 5 nitrogen and oxygen atoms in total. The van der Waals surface area contributed by atoms with Gasteiger partial charge in [0.2, 0.25) is 0 Å². The van der Waals surface area contributed by atoms with E-state index in [1.54, 1.807) is 37.3 Å². The van der Waals surface area contributed by atoms with E-state index in [9.17, 15) is 30.0 Å². The van der Waals surface area contributed by atoms with Gasteiger partial charge in [0.25, 0.3) is 0 Å². The molecule has 0 spiro atoms. The molecule has 0 saturated carbocycles. The van der Waals surface area contributed by atoms with Crippen molar-refractivity contribution in [3.8, 4) is 0 Å². The molecule has 0 aliphatic heterocycles. The Bertz CT molecular complexity index is 1530. The van der Waals surface area contributed by atoms with Crippen LogP contribution >= 0.6 is 6.83 Å². The van der Waals surface area contributed by atoms with Crippen molar-refractivity contribution in [1.29, 1.82) is 0 Å². The van der Waals surface area contributed by atoms with E-state index in [4.69, 9.17) is 3.97 Å². The van der Waals surface area contributed by atoms with E-state index in [-0.39, 0.29) is 20.8 Å². The first-order chi connectivity index (χ1) is 17.8. The number of hydrogen-bond donors (Lipinski definition) is 0. The van der Waals surface area contributed by atoms with Crippen LogP contribution in [0.5, 0.6) is 0 Å². The van der Waals surface area contributed by atoms with Crippen LogP contribution in [0.3, 0.4) is 0 Å². The van der Waals surface area contributed by atoms with Gasteiger partial charge in [-0.2, -0.15) is 0 Å². The summed E-state index contributed by atoms with van der Waals surface area (Å²) in [6, 6.07) is 28.1. The first kappa shape index (κ1) is 28.0. The Kier molecular flexibility index (Phi) is 7.31. The molecule has 0 atom stereocenters. The van der Waals surface area contributed by atoms with E-state index in [0.29, 0.717) is 0 Å². The summed E-state index contributed by atoms with van der Waals surface area (Å²) in [5, 5.41) is 0.0400. The van der Waals surface area contributed by atoms with Crippen LogP contribution < -0.4 is 15.9 Å². The van der Waals surface area contributed by atoms with Gasteiger partial charge in [-0.1, -0.05) is 0 Å². The molecule has 0 bridgehead atoms. The summed E-state index contributed by atoms with van der Waals surface area (Å²) in [4.78, 5) is -0.173. The van der Waals surface area contributed by atoms with Crippen molar-refractivity contribution in [2.75, 3.05) is 5.49 Å². The Labute approximate surface area is 220 Å². The summed E-state index contributed by atoms with van der Waals surface area (Å²) in [6.07, 6.45) is 0. The second-order valence-corrected chi connectivity index (χ2v) is 17.4. The Morgan fingerprint density at radius 2 is 1.00 bits per heavy atom. The predicted molar refractivity (Wildman–Crippen MR) is 144 cm³/mol. The van der Waals surface area contributed by atoms with Crippen LogP contribution in [0.1, 0.15) is 5.56 Å². The Morgan fingerprint density at radius 3 is 1.34 bits per heavy atom. The summed E-state index contributed by atoms with van der Waals surface area (Å²) < 4.78 is 102. The quantitative estimate of drug-likeness (QED) is 0.216. The standard InChI is InChI=1S/C27H24F3O5PS2/c1-22-17-19-26(20-18-22)37(31,32)21-36(23-11-5-2-6-12-23,24-13-7-3-8-14-24,25-15-9-4-10-16-25)35-38(33,34)27(28,29)30/h2-20H,21H2,1H3. The average Bonchev–Trinajstić information content (AvgIpc) is 2.89. The minimum atomic E-state index is -6.33. The molecule has 4 aromatic carbocycles. The third-order valence-corrected chi connectivity index (χ3v) is 17.4. The van der Waals surface area contributed by atoms with E-state index in [1.807, 2.05) is 0 Å². The number of sulfone groups is 1. The van der Waals surface area contributed by atoms with Crippen LogP contribution in [0.25, 0.3) is 0 Å². The zero-order valence-corrected chi connectivity index (χ0v) is 22.6. The van der Waals surface area contributed by atoms with E-state index < -0.39 is 37.8 Å². The fourth-order valence-corrected chi connectivity index (χ4v) is 17.0. The molecule has 0 saturated heterocycles. The SMILES string of the molecule is Cc1ccc(S(=O)(=O)CP(OS(=O)(=O)C(F)(F)F)(c2ccccc2)(c2ccccc2)c2ccccc2)cc1. The van der Waals surface area contributed by atoms with Gasteiger partial charge in [-0.25, -0.2) is 0 Å². The van der Waals surface area contributed by atoms with Gasteiger partial charge in [0.1, 0.15) is 0 Å². The first-order valence-corrected chi connectivity index (χ1v) is 16.7. The second-order valence-electron chi connectivity index (χ2n) is 8.75. The van der Waals surface area contributed by atoms with Crippen LogP contribution in [0.15, 0.2) is 120 Å². The van der Waals surface area contributed by atoms with Gasteiger partial charge in [-0.15, -0.1) is 0 Å². The Balaban J connectivity index is 2.25. The Hall–Kier alpha value is -3.04. The van der Waals surface area contributed by atoms with E-state index >= 15 is 0 Å². The molecule has 38 heavy (non-hydrogen) atoms. The van der Waals surface area contributed by atoms with Crippen molar-refractivity contribution < 1.29 is 34.0 Å². The maximum atomic E-state index is 14.1. The third kappa shape index (κ3) is 4.78. The fraction of sp³-hybridized carbons (Fsp3) is 0.111. The van der Waals surface area contributed by atoms with Crippen LogP contribution in [0.2, 0.25) is 0 Å². The molecule has 0 unspecified atom stereocenters. The molecule has 11 heteroatoms. The van der Waals surface area contributed by atoms with Crippen LogP contribution in [-0.4, -0.2) is 27.8 Å². The molecule has 0 aliphatic rings. The molecule has 0 aliphatic carbocycles. The average molecular weight is 581 g/mol. The van der Waals surface area contributed by atoms with Crippen LogP contribution in [0.4, 0.5) is 13.2 Å². The minimum absolute atomic E-state index is 0.0133. The zero-order valence-electron chi connectivity index (χ0n) is 20.1. The van der Waals surface area contributed by atoms with Crippen molar-refractivity contribution in [3.63, 3.8) is 0 Å². The van der Waals surface area contributed by atoms with Gasteiger partial charge >= 0.3 is 220 Å². The molecular formula is C27H24F3O5PS2. The van der Waals surface area contributed by atoms with Crippen molar-refractivity contribution in [1.82, 2.24) is 0 Å².